The van der Waals surface area contributed by atoms with Gasteiger partial charge in [0, 0.05) is 5.69 Å². The molecule has 0 fully saturated rings. The number of para-hydroxylation sites is 1. The Bertz CT molecular complexity index is 897. The van der Waals surface area contributed by atoms with Crippen LogP contribution in [0, 0.1) is 11.3 Å². The molecule has 0 aliphatic heterocycles. The van der Waals surface area contributed by atoms with Gasteiger partial charge in [0.05, 0.1) is 5.56 Å². The highest BCUT2D eigenvalue weighted by molar-refractivity contribution is 5.92. The first kappa shape index (κ1) is 16.3. The molecule has 0 aliphatic carbocycles. The standard InChI is InChI=1S/C21H16N2O2/c22-14-18-8-4-5-9-20(18)25-15-21(24)23-19-12-10-17(11-13-19)16-6-2-1-3-7-16/h1-13H,15H2,(H,23,24). The highest BCUT2D eigenvalue weighted by Gasteiger charge is 2.07. The van der Waals surface area contributed by atoms with Gasteiger partial charge in [-0.05, 0) is 35.4 Å². The van der Waals surface area contributed by atoms with Gasteiger partial charge in [-0.3, -0.25) is 4.79 Å². The van der Waals surface area contributed by atoms with Crippen LogP contribution < -0.4 is 10.1 Å². The van der Waals surface area contributed by atoms with Gasteiger partial charge in [0.25, 0.3) is 5.91 Å². The lowest BCUT2D eigenvalue weighted by Crippen LogP contribution is -2.20. The number of ether oxygens (including phenoxy) is 1. The molecule has 0 unspecified atom stereocenters. The Morgan fingerprint density at radius 3 is 2.24 bits per heavy atom. The van der Waals surface area contributed by atoms with E-state index in [1.165, 1.54) is 0 Å². The normalized spacial score (nSPS) is 9.88. The Kier molecular flexibility index (Phi) is 5.08. The number of carbonyl (C=O) groups excluding carboxylic acids is 1. The van der Waals surface area contributed by atoms with Crippen LogP contribution in [0.2, 0.25) is 0 Å². The van der Waals surface area contributed by atoms with Crippen LogP contribution in [0.1, 0.15) is 5.56 Å². The molecule has 0 saturated heterocycles. The van der Waals surface area contributed by atoms with Gasteiger partial charge in [-0.25, -0.2) is 0 Å². The van der Waals surface area contributed by atoms with E-state index in [1.54, 1.807) is 24.3 Å². The molecule has 0 atom stereocenters. The summed E-state index contributed by atoms with van der Waals surface area (Å²) in [6, 6.07) is 26.5. The Morgan fingerprint density at radius 1 is 0.880 bits per heavy atom. The monoisotopic (exact) mass is 328 g/mol. The van der Waals surface area contributed by atoms with Crippen LogP contribution in [-0.4, -0.2) is 12.5 Å². The fourth-order valence-electron chi connectivity index (χ4n) is 2.40. The molecule has 0 heterocycles. The number of nitrogens with one attached hydrogen (secondary N) is 1. The molecule has 3 rings (SSSR count). The summed E-state index contributed by atoms with van der Waals surface area (Å²) in [5, 5.41) is 11.8. The minimum absolute atomic E-state index is 0.154. The molecule has 0 saturated carbocycles. The van der Waals surface area contributed by atoms with E-state index in [0.717, 1.165) is 11.1 Å². The number of carbonyl (C=O) groups is 1. The smallest absolute Gasteiger partial charge is 0.262 e. The van der Waals surface area contributed by atoms with Gasteiger partial charge in [-0.15, -0.1) is 0 Å². The molecule has 25 heavy (non-hydrogen) atoms. The molecular formula is C21H16N2O2. The highest BCUT2D eigenvalue weighted by atomic mass is 16.5. The average Bonchev–Trinajstić information content (AvgIpc) is 2.68. The van der Waals surface area contributed by atoms with Crippen molar-refractivity contribution in [2.45, 2.75) is 0 Å². The summed E-state index contributed by atoms with van der Waals surface area (Å²) in [6.45, 7) is -0.154. The topological polar surface area (TPSA) is 62.1 Å². The van der Waals surface area contributed by atoms with Crippen molar-refractivity contribution in [1.29, 1.82) is 5.26 Å². The molecule has 0 aliphatic rings. The summed E-state index contributed by atoms with van der Waals surface area (Å²) in [6.07, 6.45) is 0. The first-order valence-electron chi connectivity index (χ1n) is 7.83. The van der Waals surface area contributed by atoms with Crippen molar-refractivity contribution in [1.82, 2.24) is 0 Å². The maximum absolute atomic E-state index is 12.0. The maximum Gasteiger partial charge on any atom is 0.262 e. The fraction of sp³-hybridized carbons (Fsp3) is 0.0476. The first-order valence-corrected chi connectivity index (χ1v) is 7.83. The zero-order valence-electron chi connectivity index (χ0n) is 13.5. The van der Waals surface area contributed by atoms with E-state index in [9.17, 15) is 4.79 Å². The molecule has 1 N–H and O–H groups in total. The number of nitrogens with zero attached hydrogens (tertiary/aromatic N) is 1. The Labute approximate surface area is 146 Å². The average molecular weight is 328 g/mol. The Balaban J connectivity index is 1.59. The minimum atomic E-state index is -0.278. The number of anilines is 1. The minimum Gasteiger partial charge on any atom is -0.482 e. The summed E-state index contributed by atoms with van der Waals surface area (Å²) in [5.41, 5.74) is 3.30. The molecule has 0 radical (unpaired) electrons. The number of nitriles is 1. The lowest BCUT2D eigenvalue weighted by atomic mass is 10.1. The van der Waals surface area contributed by atoms with Gasteiger partial charge < -0.3 is 10.1 Å². The zero-order chi connectivity index (χ0) is 17.5. The van der Waals surface area contributed by atoms with Crippen LogP contribution in [0.25, 0.3) is 11.1 Å². The third kappa shape index (κ3) is 4.24. The predicted molar refractivity (Wildman–Crippen MR) is 97.2 cm³/mol. The van der Waals surface area contributed by atoms with Crippen molar-refractivity contribution in [2.75, 3.05) is 11.9 Å². The second kappa shape index (κ2) is 7.80. The zero-order valence-corrected chi connectivity index (χ0v) is 13.5. The maximum atomic E-state index is 12.0. The fourth-order valence-corrected chi connectivity index (χ4v) is 2.40. The van der Waals surface area contributed by atoms with Crippen molar-refractivity contribution in [3.63, 3.8) is 0 Å². The van der Waals surface area contributed by atoms with Gasteiger partial charge in [0.2, 0.25) is 0 Å². The first-order chi connectivity index (χ1) is 12.3. The van der Waals surface area contributed by atoms with E-state index >= 15 is 0 Å². The summed E-state index contributed by atoms with van der Waals surface area (Å²) >= 11 is 0. The summed E-state index contributed by atoms with van der Waals surface area (Å²) < 4.78 is 5.42. The molecule has 4 nitrogen and oxygen atoms in total. The van der Waals surface area contributed by atoms with E-state index in [4.69, 9.17) is 10.00 Å². The predicted octanol–water partition coefficient (Wildman–Crippen LogP) is 4.24. The highest BCUT2D eigenvalue weighted by Crippen LogP contribution is 2.21. The molecule has 0 spiro atoms. The van der Waals surface area contributed by atoms with Crippen molar-refractivity contribution >= 4 is 11.6 Å². The summed E-state index contributed by atoms with van der Waals surface area (Å²) in [7, 11) is 0. The molecule has 0 bridgehead atoms. The van der Waals surface area contributed by atoms with E-state index < -0.39 is 0 Å². The third-order valence-electron chi connectivity index (χ3n) is 3.64. The van der Waals surface area contributed by atoms with Crippen molar-refractivity contribution in [3.05, 3.63) is 84.4 Å². The number of hydrogen-bond acceptors (Lipinski definition) is 3. The van der Waals surface area contributed by atoms with Crippen LogP contribution in [0.3, 0.4) is 0 Å². The van der Waals surface area contributed by atoms with Crippen LogP contribution in [0.5, 0.6) is 5.75 Å². The van der Waals surface area contributed by atoms with Crippen LogP contribution in [-0.2, 0) is 4.79 Å². The Morgan fingerprint density at radius 2 is 1.52 bits per heavy atom. The molecule has 3 aromatic carbocycles. The molecule has 0 aromatic heterocycles. The summed E-state index contributed by atoms with van der Waals surface area (Å²) in [4.78, 5) is 12.0. The molecular weight excluding hydrogens is 312 g/mol. The van der Waals surface area contributed by atoms with E-state index in [1.807, 2.05) is 60.7 Å². The quantitative estimate of drug-likeness (QED) is 0.762. The molecule has 122 valence electrons. The second-order valence-electron chi connectivity index (χ2n) is 5.39. The van der Waals surface area contributed by atoms with E-state index in [2.05, 4.69) is 5.32 Å². The van der Waals surface area contributed by atoms with Crippen molar-refractivity contribution < 1.29 is 9.53 Å². The van der Waals surface area contributed by atoms with Gasteiger partial charge in [-0.1, -0.05) is 54.6 Å². The van der Waals surface area contributed by atoms with E-state index in [0.29, 0.717) is 17.0 Å². The number of rotatable bonds is 5. The molecule has 4 heteroatoms. The van der Waals surface area contributed by atoms with Crippen LogP contribution >= 0.6 is 0 Å². The molecule has 1 amide bonds. The number of amides is 1. The second-order valence-corrected chi connectivity index (χ2v) is 5.39. The lowest BCUT2D eigenvalue weighted by molar-refractivity contribution is -0.118. The number of hydrogen-bond donors (Lipinski definition) is 1. The van der Waals surface area contributed by atoms with Gasteiger partial charge >= 0.3 is 0 Å². The van der Waals surface area contributed by atoms with Crippen LogP contribution in [0.15, 0.2) is 78.9 Å². The van der Waals surface area contributed by atoms with Gasteiger partial charge in [0.15, 0.2) is 6.61 Å². The summed E-state index contributed by atoms with van der Waals surface area (Å²) in [5.74, 6) is 0.125. The Hall–Kier alpha value is -3.58. The van der Waals surface area contributed by atoms with Crippen LogP contribution in [0.4, 0.5) is 5.69 Å². The van der Waals surface area contributed by atoms with Crippen molar-refractivity contribution in [3.8, 4) is 22.9 Å². The third-order valence-corrected chi connectivity index (χ3v) is 3.64. The van der Waals surface area contributed by atoms with E-state index in [-0.39, 0.29) is 12.5 Å². The van der Waals surface area contributed by atoms with Crippen molar-refractivity contribution in [2.24, 2.45) is 0 Å². The lowest BCUT2D eigenvalue weighted by Gasteiger charge is -2.09. The number of benzene rings is 3. The SMILES string of the molecule is N#Cc1ccccc1OCC(=O)Nc1ccc(-c2ccccc2)cc1. The largest absolute Gasteiger partial charge is 0.482 e. The molecule has 3 aromatic rings. The van der Waals surface area contributed by atoms with Gasteiger partial charge in [0.1, 0.15) is 11.8 Å². The van der Waals surface area contributed by atoms with Gasteiger partial charge in [-0.2, -0.15) is 5.26 Å².